The van der Waals surface area contributed by atoms with Crippen molar-refractivity contribution in [3.8, 4) is 5.75 Å². The summed E-state index contributed by atoms with van der Waals surface area (Å²) < 4.78 is 18.5. The van der Waals surface area contributed by atoms with Crippen molar-refractivity contribution in [2.24, 2.45) is 0 Å². The molecule has 0 saturated carbocycles. The smallest absolute Gasteiger partial charge is 0.176 e. The maximum absolute atomic E-state index is 13.3. The number of halogens is 1. The van der Waals surface area contributed by atoms with Crippen molar-refractivity contribution in [3.63, 3.8) is 0 Å². The summed E-state index contributed by atoms with van der Waals surface area (Å²) in [5.74, 6) is -0.142. The number of carbonyl (C=O) groups excluding carboxylic acids is 1. The van der Waals surface area contributed by atoms with Crippen molar-refractivity contribution in [1.82, 2.24) is 9.97 Å². The first-order valence-electron chi connectivity index (χ1n) is 6.37. The summed E-state index contributed by atoms with van der Waals surface area (Å²) in [6.07, 6.45) is 1.48. The van der Waals surface area contributed by atoms with Crippen molar-refractivity contribution in [1.29, 1.82) is 0 Å². The van der Waals surface area contributed by atoms with Crippen LogP contribution < -0.4 is 4.74 Å². The molecule has 0 aliphatic heterocycles. The number of nitrogens with zero attached hydrogens (tertiary/aromatic N) is 2. The summed E-state index contributed by atoms with van der Waals surface area (Å²) in [6.45, 7) is 0. The Labute approximate surface area is 134 Å². The minimum Gasteiger partial charge on any atom is -0.496 e. The Balaban J connectivity index is 1.81. The fourth-order valence-electron chi connectivity index (χ4n) is 1.99. The minimum atomic E-state index is -0.462. The van der Waals surface area contributed by atoms with E-state index in [-0.39, 0.29) is 17.1 Å². The molecule has 0 atom stereocenters. The fraction of sp³-hybridized carbons (Fsp3) is 0.133. The number of hydrogen-bond acceptors (Lipinski definition) is 6. The highest BCUT2D eigenvalue weighted by Crippen LogP contribution is 2.29. The lowest BCUT2D eigenvalue weighted by molar-refractivity contribution is 0.101. The van der Waals surface area contributed by atoms with Gasteiger partial charge in [0.2, 0.25) is 0 Å². The highest BCUT2D eigenvalue weighted by molar-refractivity contribution is 8.00. The molecule has 0 fully saturated rings. The van der Waals surface area contributed by atoms with E-state index in [1.165, 1.54) is 54.7 Å². The quantitative estimate of drug-likeness (QED) is 0.403. The summed E-state index contributed by atoms with van der Waals surface area (Å²) in [4.78, 5) is 21.6. The zero-order chi connectivity index (χ0) is 15.5. The van der Waals surface area contributed by atoms with E-state index in [0.717, 1.165) is 15.2 Å². The van der Waals surface area contributed by atoms with Crippen LogP contribution in [0.15, 0.2) is 41.0 Å². The van der Waals surface area contributed by atoms with Gasteiger partial charge in [0.1, 0.15) is 27.8 Å². The molecule has 0 spiro atoms. The lowest BCUT2D eigenvalue weighted by atomic mass is 10.1. The first-order valence-corrected chi connectivity index (χ1v) is 8.23. The maximum Gasteiger partial charge on any atom is 0.176 e. The van der Waals surface area contributed by atoms with Crippen LogP contribution in [0.2, 0.25) is 0 Å². The number of methoxy groups -OCH3 is 1. The average Bonchev–Trinajstić information content (AvgIpc) is 3.01. The average molecular weight is 334 g/mol. The third-order valence-electron chi connectivity index (χ3n) is 3.03. The molecule has 7 heteroatoms. The molecule has 0 aliphatic carbocycles. The highest BCUT2D eigenvalue weighted by atomic mass is 32.2. The van der Waals surface area contributed by atoms with Gasteiger partial charge in [-0.1, -0.05) is 11.8 Å². The molecule has 3 rings (SSSR count). The molecular weight excluding hydrogens is 323 g/mol. The summed E-state index contributed by atoms with van der Waals surface area (Å²) >= 11 is 2.83. The van der Waals surface area contributed by atoms with Gasteiger partial charge in [-0.2, -0.15) is 0 Å². The zero-order valence-electron chi connectivity index (χ0n) is 11.6. The third kappa shape index (κ3) is 2.95. The number of hydrogen-bond donors (Lipinski definition) is 0. The van der Waals surface area contributed by atoms with Gasteiger partial charge < -0.3 is 4.74 Å². The number of benzene rings is 1. The largest absolute Gasteiger partial charge is 0.496 e. The van der Waals surface area contributed by atoms with Crippen LogP contribution in [0.5, 0.6) is 5.75 Å². The Morgan fingerprint density at radius 3 is 3.05 bits per heavy atom. The molecule has 4 nitrogen and oxygen atoms in total. The van der Waals surface area contributed by atoms with E-state index in [0.29, 0.717) is 5.75 Å². The van der Waals surface area contributed by atoms with Crippen LogP contribution in [-0.2, 0) is 0 Å². The normalized spacial score (nSPS) is 10.8. The van der Waals surface area contributed by atoms with Gasteiger partial charge in [-0.25, -0.2) is 14.4 Å². The molecule has 0 radical (unpaired) electrons. The molecule has 112 valence electrons. The molecule has 0 unspecified atom stereocenters. The molecule has 0 bridgehead atoms. The summed E-state index contributed by atoms with van der Waals surface area (Å²) in [5, 5.41) is 3.60. The van der Waals surface area contributed by atoms with Crippen LogP contribution in [0.1, 0.15) is 10.4 Å². The van der Waals surface area contributed by atoms with Gasteiger partial charge in [-0.05, 0) is 29.6 Å². The Kier molecular flexibility index (Phi) is 4.35. The SMILES string of the molecule is COc1ccc(F)cc1C(=O)CSc1ncnc2sccc12. The van der Waals surface area contributed by atoms with E-state index >= 15 is 0 Å². The van der Waals surface area contributed by atoms with Crippen LogP contribution in [0, 0.1) is 5.82 Å². The number of thioether (sulfide) groups is 1. The fourth-order valence-corrected chi connectivity index (χ4v) is 3.65. The number of fused-ring (bicyclic) bond motifs is 1. The van der Waals surface area contributed by atoms with Crippen molar-refractivity contribution < 1.29 is 13.9 Å². The standard InChI is InChI=1S/C15H11FN2O2S2/c1-20-13-3-2-9(16)6-11(13)12(19)7-22-15-10-4-5-21-14(10)17-8-18-15/h2-6,8H,7H2,1H3. The molecule has 22 heavy (non-hydrogen) atoms. The van der Waals surface area contributed by atoms with Crippen molar-refractivity contribution in [2.45, 2.75) is 5.03 Å². The van der Waals surface area contributed by atoms with Crippen molar-refractivity contribution in [3.05, 3.63) is 47.4 Å². The number of carbonyl (C=O) groups is 1. The molecule has 0 N–H and O–H groups in total. The lowest BCUT2D eigenvalue weighted by Gasteiger charge is -2.07. The Morgan fingerprint density at radius 1 is 1.36 bits per heavy atom. The van der Waals surface area contributed by atoms with Gasteiger partial charge in [0, 0.05) is 5.39 Å². The first-order chi connectivity index (χ1) is 10.7. The van der Waals surface area contributed by atoms with Gasteiger partial charge in [-0.3, -0.25) is 4.79 Å². The van der Waals surface area contributed by atoms with Crippen LogP contribution in [0.3, 0.4) is 0 Å². The molecule has 2 aromatic heterocycles. The van der Waals surface area contributed by atoms with Crippen LogP contribution in [-0.4, -0.2) is 28.6 Å². The van der Waals surface area contributed by atoms with E-state index in [1.807, 2.05) is 11.4 Å². The summed E-state index contributed by atoms with van der Waals surface area (Å²) in [5.41, 5.74) is 0.241. The summed E-state index contributed by atoms with van der Waals surface area (Å²) in [7, 11) is 1.45. The predicted molar refractivity (Wildman–Crippen MR) is 85.4 cm³/mol. The Morgan fingerprint density at radius 2 is 2.23 bits per heavy atom. The van der Waals surface area contributed by atoms with Gasteiger partial charge in [-0.15, -0.1) is 11.3 Å². The molecular formula is C15H11FN2O2S2. The van der Waals surface area contributed by atoms with Crippen molar-refractivity contribution in [2.75, 3.05) is 12.9 Å². The zero-order valence-corrected chi connectivity index (χ0v) is 13.2. The third-order valence-corrected chi connectivity index (χ3v) is 4.85. The van der Waals surface area contributed by atoms with Gasteiger partial charge in [0.05, 0.1) is 18.4 Å². The Hall–Kier alpha value is -1.99. The number of Topliss-reactive ketones (excluding diaryl/α,β-unsaturated/α-hetero) is 1. The molecule has 0 saturated heterocycles. The van der Waals surface area contributed by atoms with Crippen LogP contribution >= 0.6 is 23.1 Å². The van der Waals surface area contributed by atoms with E-state index in [1.54, 1.807) is 0 Å². The highest BCUT2D eigenvalue weighted by Gasteiger charge is 2.15. The van der Waals surface area contributed by atoms with Crippen LogP contribution in [0.4, 0.5) is 4.39 Å². The number of ether oxygens (including phenoxy) is 1. The molecule has 0 amide bonds. The number of ketones is 1. The number of rotatable bonds is 5. The van der Waals surface area contributed by atoms with Crippen LogP contribution in [0.25, 0.3) is 10.2 Å². The number of thiophene rings is 1. The number of aromatic nitrogens is 2. The molecule has 1 aromatic carbocycles. The lowest BCUT2D eigenvalue weighted by Crippen LogP contribution is -2.06. The molecule has 3 aromatic rings. The van der Waals surface area contributed by atoms with Gasteiger partial charge in [0.15, 0.2) is 5.78 Å². The first kappa shape index (κ1) is 14.9. The minimum absolute atomic E-state index is 0.155. The van der Waals surface area contributed by atoms with E-state index in [2.05, 4.69) is 9.97 Å². The Bertz CT molecular complexity index is 835. The second-order valence-corrected chi connectivity index (χ2v) is 6.23. The van der Waals surface area contributed by atoms with Gasteiger partial charge >= 0.3 is 0 Å². The van der Waals surface area contributed by atoms with E-state index in [4.69, 9.17) is 4.74 Å². The predicted octanol–water partition coefficient (Wildman–Crippen LogP) is 3.81. The van der Waals surface area contributed by atoms with E-state index < -0.39 is 5.82 Å². The monoisotopic (exact) mass is 334 g/mol. The molecule has 2 heterocycles. The second-order valence-electron chi connectivity index (χ2n) is 4.37. The second kappa shape index (κ2) is 6.41. The molecule has 0 aliphatic rings. The topological polar surface area (TPSA) is 52.1 Å². The van der Waals surface area contributed by atoms with Crippen molar-refractivity contribution >= 4 is 39.1 Å². The maximum atomic E-state index is 13.3. The van der Waals surface area contributed by atoms with E-state index in [9.17, 15) is 9.18 Å². The summed E-state index contributed by atoms with van der Waals surface area (Å²) in [6, 6.07) is 5.84. The van der Waals surface area contributed by atoms with Gasteiger partial charge in [0.25, 0.3) is 0 Å².